The minimum Gasteiger partial charge on any atom is -0.392 e. The molecule has 5 atom stereocenters. The van der Waals surface area contributed by atoms with E-state index in [1.54, 1.807) is 4.90 Å². The Morgan fingerprint density at radius 2 is 1.96 bits per heavy atom. The molecule has 0 radical (unpaired) electrons. The van der Waals surface area contributed by atoms with Crippen LogP contribution in [0.1, 0.15) is 43.6 Å². The van der Waals surface area contributed by atoms with Gasteiger partial charge in [-0.05, 0) is 19.3 Å². The third kappa shape index (κ3) is 2.72. The van der Waals surface area contributed by atoms with Gasteiger partial charge in [0.05, 0.1) is 12.1 Å². The Labute approximate surface area is 155 Å². The maximum Gasteiger partial charge on any atom is 0.326 e. The van der Waals surface area contributed by atoms with Crippen molar-refractivity contribution in [1.29, 1.82) is 0 Å². The average molecular weight is 376 g/mol. The molecule has 146 valence electrons. The van der Waals surface area contributed by atoms with Gasteiger partial charge in [-0.25, -0.2) is 4.79 Å². The minimum atomic E-state index is -0.738. The summed E-state index contributed by atoms with van der Waals surface area (Å²) in [5.41, 5.74) is -1.83. The predicted molar refractivity (Wildman–Crippen MR) is 95.1 cm³/mol. The summed E-state index contributed by atoms with van der Waals surface area (Å²) in [4.78, 5) is 56.3. The molecule has 4 rings (SSSR count). The molecule has 1 aromatic rings. The number of hydrogen-bond donors (Lipinski definition) is 3. The number of likely N-dealkylation sites (tertiary alicyclic amines) is 2. The molecule has 3 fully saturated rings. The first kappa shape index (κ1) is 18.0. The topological polar surface area (TPSA) is 127 Å². The van der Waals surface area contributed by atoms with Gasteiger partial charge >= 0.3 is 5.69 Å². The largest absolute Gasteiger partial charge is 0.392 e. The van der Waals surface area contributed by atoms with E-state index in [1.807, 2.05) is 16.8 Å². The molecule has 3 heterocycles. The van der Waals surface area contributed by atoms with Crippen LogP contribution in [-0.2, 0) is 4.79 Å². The number of aliphatic hydroxyl groups is 1. The monoisotopic (exact) mass is 376 g/mol. The third-order valence-corrected chi connectivity index (χ3v) is 6.63. The van der Waals surface area contributed by atoms with Crippen LogP contribution in [0.5, 0.6) is 0 Å². The van der Waals surface area contributed by atoms with Gasteiger partial charge < -0.3 is 19.9 Å². The van der Waals surface area contributed by atoms with Crippen LogP contribution in [0.3, 0.4) is 0 Å². The summed E-state index contributed by atoms with van der Waals surface area (Å²) >= 11 is 0. The molecular weight excluding hydrogens is 352 g/mol. The lowest BCUT2D eigenvalue weighted by atomic mass is 9.64. The van der Waals surface area contributed by atoms with Crippen molar-refractivity contribution in [3.05, 3.63) is 32.6 Å². The van der Waals surface area contributed by atoms with Gasteiger partial charge in [-0.3, -0.25) is 19.4 Å². The van der Waals surface area contributed by atoms with Gasteiger partial charge in [-0.2, -0.15) is 0 Å². The quantitative estimate of drug-likeness (QED) is 0.597. The van der Waals surface area contributed by atoms with Crippen LogP contribution in [0, 0.1) is 11.3 Å². The first-order valence-corrected chi connectivity index (χ1v) is 9.30. The maximum absolute atomic E-state index is 13.0. The van der Waals surface area contributed by atoms with Crippen molar-refractivity contribution in [2.45, 2.75) is 51.3 Å². The number of rotatable bonds is 1. The van der Waals surface area contributed by atoms with Crippen LogP contribution in [0.2, 0.25) is 0 Å². The van der Waals surface area contributed by atoms with Gasteiger partial charge in [0.1, 0.15) is 5.69 Å². The normalized spacial score (nSPS) is 35.1. The van der Waals surface area contributed by atoms with E-state index in [9.17, 15) is 24.3 Å². The average Bonchev–Trinajstić information content (AvgIpc) is 2.92. The molecule has 2 amide bonds. The summed E-state index contributed by atoms with van der Waals surface area (Å²) in [5.74, 6) is -0.622. The number of nitrogens with zero attached hydrogens (tertiary/aromatic N) is 2. The molecule has 2 aliphatic heterocycles. The third-order valence-electron chi connectivity index (χ3n) is 6.63. The van der Waals surface area contributed by atoms with Crippen LogP contribution in [0.25, 0.3) is 0 Å². The molecule has 3 aliphatic rings. The van der Waals surface area contributed by atoms with E-state index in [2.05, 4.69) is 4.98 Å². The zero-order chi connectivity index (χ0) is 19.5. The van der Waals surface area contributed by atoms with Crippen LogP contribution in [-0.4, -0.2) is 68.0 Å². The summed E-state index contributed by atoms with van der Waals surface area (Å²) in [6, 6.07) is 0.849. The fourth-order valence-corrected chi connectivity index (χ4v) is 5.52. The van der Waals surface area contributed by atoms with Crippen LogP contribution in [0.4, 0.5) is 0 Å². The predicted octanol–water partition coefficient (Wildman–Crippen LogP) is -0.714. The van der Waals surface area contributed by atoms with Crippen molar-refractivity contribution in [3.8, 4) is 0 Å². The molecular formula is C18H24N4O5. The number of carbonyl (C=O) groups is 2. The second-order valence-corrected chi connectivity index (χ2v) is 8.30. The Morgan fingerprint density at radius 1 is 1.22 bits per heavy atom. The molecule has 1 aliphatic carbocycles. The summed E-state index contributed by atoms with van der Waals surface area (Å²) in [6.45, 7) is 4.22. The summed E-state index contributed by atoms with van der Waals surface area (Å²) in [6.07, 6.45) is 1.54. The van der Waals surface area contributed by atoms with Crippen molar-refractivity contribution >= 4 is 11.8 Å². The zero-order valence-electron chi connectivity index (χ0n) is 15.4. The molecule has 1 aromatic heterocycles. The molecule has 3 N–H and O–H groups in total. The van der Waals surface area contributed by atoms with E-state index in [-0.39, 0.29) is 35.0 Å². The second-order valence-electron chi connectivity index (χ2n) is 8.30. The Hall–Kier alpha value is -2.42. The van der Waals surface area contributed by atoms with E-state index in [4.69, 9.17) is 0 Å². The van der Waals surface area contributed by atoms with Crippen molar-refractivity contribution in [1.82, 2.24) is 19.8 Å². The van der Waals surface area contributed by atoms with Gasteiger partial charge in [0.15, 0.2) is 0 Å². The van der Waals surface area contributed by atoms with Crippen molar-refractivity contribution in [3.63, 3.8) is 0 Å². The lowest BCUT2D eigenvalue weighted by molar-refractivity contribution is -0.135. The molecule has 0 spiro atoms. The van der Waals surface area contributed by atoms with Crippen LogP contribution < -0.4 is 11.2 Å². The van der Waals surface area contributed by atoms with Crippen molar-refractivity contribution in [2.24, 2.45) is 11.3 Å². The Balaban J connectivity index is 1.72. The summed E-state index contributed by atoms with van der Waals surface area (Å²) < 4.78 is 0. The summed E-state index contributed by atoms with van der Waals surface area (Å²) in [5, 5.41) is 11.0. The number of aliphatic hydroxyl groups excluding tert-OH is 1. The first-order valence-electron chi connectivity index (χ1n) is 9.30. The van der Waals surface area contributed by atoms with Gasteiger partial charge in [0.2, 0.25) is 5.91 Å². The molecule has 2 saturated heterocycles. The highest BCUT2D eigenvalue weighted by molar-refractivity contribution is 5.92. The summed E-state index contributed by atoms with van der Waals surface area (Å²) in [7, 11) is 0. The number of amides is 2. The number of aromatic amines is 2. The molecule has 1 saturated carbocycles. The zero-order valence-corrected chi connectivity index (χ0v) is 15.4. The highest BCUT2D eigenvalue weighted by Crippen LogP contribution is 2.52. The Bertz CT molecular complexity index is 879. The maximum atomic E-state index is 13.0. The van der Waals surface area contributed by atoms with Crippen LogP contribution in [0.15, 0.2) is 15.7 Å². The lowest BCUT2D eigenvalue weighted by Gasteiger charge is -2.47. The van der Waals surface area contributed by atoms with Gasteiger partial charge in [0.25, 0.3) is 11.5 Å². The first-order chi connectivity index (χ1) is 12.7. The molecule has 9 heteroatoms. The SMILES string of the molecule is CC(=O)N1[C@@H]2CN(C(=O)c3cc(=O)[nH]c(=O)[nH]3)C[C@@H]3CC[C@H]1[C@](C)(C2)[C@@H]3O. The number of fused-ring (bicyclic) bond motifs is 2. The number of nitrogens with one attached hydrogen (secondary N) is 2. The van der Waals surface area contributed by atoms with Gasteiger partial charge in [0, 0.05) is 43.5 Å². The Kier molecular flexibility index (Phi) is 4.03. The Morgan fingerprint density at radius 3 is 2.63 bits per heavy atom. The number of H-pyrrole nitrogens is 2. The van der Waals surface area contributed by atoms with Crippen molar-refractivity contribution < 1.29 is 14.7 Å². The standard InChI is InChI=1S/C18H24N4O5/c1-9(23)22-11-6-18(2)13(22)4-3-10(15(18)25)7-21(8-11)16(26)12-5-14(24)20-17(27)19-12/h5,10-11,13,15,25H,3-4,6-8H2,1-2H3,(H2,19,20,24,27)/t10-,11-,13-,15+,18-/m0/s1. The molecule has 3 bridgehead atoms. The molecule has 0 unspecified atom stereocenters. The minimum absolute atomic E-state index is 0.0271. The van der Waals surface area contributed by atoms with Gasteiger partial charge in [-0.15, -0.1) is 0 Å². The highest BCUT2D eigenvalue weighted by atomic mass is 16.3. The fourth-order valence-electron chi connectivity index (χ4n) is 5.52. The fraction of sp³-hybridized carbons (Fsp3) is 0.667. The van der Waals surface area contributed by atoms with Crippen molar-refractivity contribution in [2.75, 3.05) is 13.1 Å². The van der Waals surface area contributed by atoms with Gasteiger partial charge in [-0.1, -0.05) is 6.92 Å². The van der Waals surface area contributed by atoms with E-state index >= 15 is 0 Å². The lowest BCUT2D eigenvalue weighted by Crippen LogP contribution is -2.54. The van der Waals surface area contributed by atoms with E-state index in [0.29, 0.717) is 25.9 Å². The highest BCUT2D eigenvalue weighted by Gasteiger charge is 2.59. The van der Waals surface area contributed by atoms with Crippen LogP contribution >= 0.6 is 0 Å². The number of carbonyl (C=O) groups excluding carboxylic acids is 2. The van der Waals surface area contributed by atoms with E-state index < -0.39 is 23.3 Å². The number of hydrogen-bond acceptors (Lipinski definition) is 5. The van der Waals surface area contributed by atoms with E-state index in [0.717, 1.165) is 12.5 Å². The molecule has 0 aromatic carbocycles. The smallest absolute Gasteiger partial charge is 0.326 e. The molecule has 27 heavy (non-hydrogen) atoms. The number of aromatic nitrogens is 2. The molecule has 9 nitrogen and oxygen atoms in total. The van der Waals surface area contributed by atoms with E-state index in [1.165, 1.54) is 6.92 Å². The second kappa shape index (κ2) is 6.05.